The fourth-order valence-corrected chi connectivity index (χ4v) is 2.59. The van der Waals surface area contributed by atoms with Gasteiger partial charge in [-0.05, 0) is 36.8 Å². The van der Waals surface area contributed by atoms with Crippen molar-refractivity contribution in [1.82, 2.24) is 15.0 Å². The topological polar surface area (TPSA) is 68.0 Å². The molecule has 0 saturated carbocycles. The summed E-state index contributed by atoms with van der Waals surface area (Å²) in [6, 6.07) is 12.1. The van der Waals surface area contributed by atoms with Gasteiger partial charge in [0.05, 0.1) is 17.1 Å². The summed E-state index contributed by atoms with van der Waals surface area (Å²) in [5, 5.41) is 17.9. The Morgan fingerprint density at radius 2 is 2.05 bits per heavy atom. The van der Waals surface area contributed by atoms with E-state index < -0.39 is 5.97 Å². The zero-order valence-electron chi connectivity index (χ0n) is 11.2. The molecule has 5 nitrogen and oxygen atoms in total. The summed E-state index contributed by atoms with van der Waals surface area (Å²) >= 11 is 6.21. The van der Waals surface area contributed by atoms with E-state index in [4.69, 9.17) is 16.7 Å². The SMILES string of the molecule is CC(c1ccccc1Cl)n1nnc2ccc(C(=O)O)cc21. The minimum Gasteiger partial charge on any atom is -0.478 e. The molecule has 0 bridgehead atoms. The second-order valence-electron chi connectivity index (χ2n) is 4.74. The molecule has 0 aliphatic carbocycles. The average molecular weight is 302 g/mol. The van der Waals surface area contributed by atoms with Crippen LogP contribution in [0.5, 0.6) is 0 Å². The monoisotopic (exact) mass is 301 g/mol. The Kier molecular flexibility index (Phi) is 3.35. The van der Waals surface area contributed by atoms with Gasteiger partial charge in [0, 0.05) is 5.02 Å². The molecule has 3 rings (SSSR count). The number of halogens is 1. The molecule has 1 heterocycles. The number of hydrogen-bond donors (Lipinski definition) is 1. The van der Waals surface area contributed by atoms with Crippen molar-refractivity contribution in [2.24, 2.45) is 0 Å². The summed E-state index contributed by atoms with van der Waals surface area (Å²) in [5.41, 5.74) is 2.44. The molecule has 0 saturated heterocycles. The molecule has 0 spiro atoms. The zero-order chi connectivity index (χ0) is 15.0. The van der Waals surface area contributed by atoms with E-state index in [2.05, 4.69) is 10.3 Å². The maximum absolute atomic E-state index is 11.1. The number of rotatable bonds is 3. The van der Waals surface area contributed by atoms with Crippen LogP contribution in [-0.4, -0.2) is 26.1 Å². The second-order valence-corrected chi connectivity index (χ2v) is 5.15. The lowest BCUT2D eigenvalue weighted by molar-refractivity contribution is 0.0697. The van der Waals surface area contributed by atoms with Gasteiger partial charge in [-0.15, -0.1) is 5.10 Å². The largest absolute Gasteiger partial charge is 0.478 e. The molecule has 106 valence electrons. The van der Waals surface area contributed by atoms with E-state index in [0.29, 0.717) is 16.1 Å². The highest BCUT2D eigenvalue weighted by Crippen LogP contribution is 2.27. The number of carboxylic acid groups (broad SMARTS) is 1. The van der Waals surface area contributed by atoms with Gasteiger partial charge in [-0.2, -0.15) is 0 Å². The molecule has 3 aromatic rings. The highest BCUT2D eigenvalue weighted by molar-refractivity contribution is 6.31. The first-order valence-corrected chi connectivity index (χ1v) is 6.78. The number of carbonyl (C=O) groups is 1. The van der Waals surface area contributed by atoms with Crippen LogP contribution in [0, 0.1) is 0 Å². The Balaban J connectivity index is 2.14. The van der Waals surface area contributed by atoms with Crippen LogP contribution in [-0.2, 0) is 0 Å². The summed E-state index contributed by atoms with van der Waals surface area (Å²) < 4.78 is 1.68. The summed E-state index contributed by atoms with van der Waals surface area (Å²) in [6.45, 7) is 1.95. The van der Waals surface area contributed by atoms with Crippen LogP contribution >= 0.6 is 11.6 Å². The van der Waals surface area contributed by atoms with Gasteiger partial charge in [-0.3, -0.25) is 0 Å². The quantitative estimate of drug-likeness (QED) is 0.805. The van der Waals surface area contributed by atoms with Crippen molar-refractivity contribution in [2.45, 2.75) is 13.0 Å². The molecule has 1 unspecified atom stereocenters. The minimum absolute atomic E-state index is 0.146. The Bertz CT molecular complexity index is 829. The summed E-state index contributed by atoms with van der Waals surface area (Å²) in [7, 11) is 0. The first-order chi connectivity index (χ1) is 10.1. The van der Waals surface area contributed by atoms with Crippen LogP contribution in [0.1, 0.15) is 28.9 Å². The van der Waals surface area contributed by atoms with Gasteiger partial charge >= 0.3 is 5.97 Å². The lowest BCUT2D eigenvalue weighted by atomic mass is 10.1. The molecular weight excluding hydrogens is 290 g/mol. The summed E-state index contributed by atoms with van der Waals surface area (Å²) in [4.78, 5) is 11.1. The van der Waals surface area contributed by atoms with Crippen molar-refractivity contribution in [2.75, 3.05) is 0 Å². The van der Waals surface area contributed by atoms with Crippen LogP contribution in [0.2, 0.25) is 5.02 Å². The van der Waals surface area contributed by atoms with Crippen LogP contribution in [0.4, 0.5) is 0 Å². The maximum atomic E-state index is 11.1. The molecule has 6 heteroatoms. The van der Waals surface area contributed by atoms with Crippen molar-refractivity contribution in [3.05, 3.63) is 58.6 Å². The molecule has 1 N–H and O–H groups in total. The van der Waals surface area contributed by atoms with Crippen molar-refractivity contribution in [3.8, 4) is 0 Å². The minimum atomic E-state index is -0.977. The Labute approximate surface area is 125 Å². The predicted molar refractivity (Wildman–Crippen MR) is 79.8 cm³/mol. The molecule has 0 aliphatic rings. The standard InChI is InChI=1S/C15H12ClN3O2/c1-9(11-4-2-3-5-12(11)16)19-14-8-10(15(20)21)6-7-13(14)17-18-19/h2-9H,1H3,(H,20,21). The maximum Gasteiger partial charge on any atom is 0.335 e. The van der Waals surface area contributed by atoms with Crippen molar-refractivity contribution in [1.29, 1.82) is 0 Å². The molecule has 2 aromatic carbocycles. The van der Waals surface area contributed by atoms with E-state index >= 15 is 0 Å². The third kappa shape index (κ3) is 2.36. The summed E-state index contributed by atoms with van der Waals surface area (Å²) in [6.07, 6.45) is 0. The second kappa shape index (κ2) is 5.18. The predicted octanol–water partition coefficient (Wildman–Crippen LogP) is 3.39. The van der Waals surface area contributed by atoms with Crippen LogP contribution < -0.4 is 0 Å². The number of nitrogens with zero attached hydrogens (tertiary/aromatic N) is 3. The lowest BCUT2D eigenvalue weighted by Gasteiger charge is -2.14. The number of fused-ring (bicyclic) bond motifs is 1. The Morgan fingerprint density at radius 1 is 1.29 bits per heavy atom. The normalized spacial score (nSPS) is 12.5. The van der Waals surface area contributed by atoms with Crippen LogP contribution in [0.3, 0.4) is 0 Å². The van der Waals surface area contributed by atoms with E-state index in [-0.39, 0.29) is 11.6 Å². The number of carboxylic acids is 1. The Morgan fingerprint density at radius 3 is 2.76 bits per heavy atom. The van der Waals surface area contributed by atoms with Gasteiger partial charge in [0.2, 0.25) is 0 Å². The van der Waals surface area contributed by atoms with Crippen molar-refractivity contribution in [3.63, 3.8) is 0 Å². The van der Waals surface area contributed by atoms with Crippen LogP contribution in [0.15, 0.2) is 42.5 Å². The highest BCUT2D eigenvalue weighted by atomic mass is 35.5. The first-order valence-electron chi connectivity index (χ1n) is 6.40. The van der Waals surface area contributed by atoms with Gasteiger partial charge in [0.15, 0.2) is 0 Å². The molecule has 1 aromatic heterocycles. The smallest absolute Gasteiger partial charge is 0.335 e. The van der Waals surface area contributed by atoms with E-state index in [1.807, 2.05) is 31.2 Å². The first kappa shape index (κ1) is 13.6. The van der Waals surface area contributed by atoms with Gasteiger partial charge in [-0.25, -0.2) is 9.48 Å². The third-order valence-corrected chi connectivity index (χ3v) is 3.78. The fourth-order valence-electron chi connectivity index (χ4n) is 2.30. The van der Waals surface area contributed by atoms with Gasteiger partial charge in [-0.1, -0.05) is 35.0 Å². The van der Waals surface area contributed by atoms with E-state index in [9.17, 15) is 4.79 Å². The average Bonchev–Trinajstić information content (AvgIpc) is 2.90. The highest BCUT2D eigenvalue weighted by Gasteiger charge is 2.16. The number of aromatic nitrogens is 3. The molecule has 1 atom stereocenters. The number of aromatic carboxylic acids is 1. The molecule has 0 radical (unpaired) electrons. The van der Waals surface area contributed by atoms with Gasteiger partial charge in [0.25, 0.3) is 0 Å². The Hall–Kier alpha value is -2.40. The van der Waals surface area contributed by atoms with E-state index in [0.717, 1.165) is 5.56 Å². The fraction of sp³-hybridized carbons (Fsp3) is 0.133. The molecule has 0 fully saturated rings. The van der Waals surface area contributed by atoms with Gasteiger partial charge in [0.1, 0.15) is 5.52 Å². The molecular formula is C15H12ClN3O2. The molecule has 0 amide bonds. The van der Waals surface area contributed by atoms with Crippen molar-refractivity contribution >= 4 is 28.6 Å². The summed E-state index contributed by atoms with van der Waals surface area (Å²) in [5.74, 6) is -0.977. The van der Waals surface area contributed by atoms with Crippen molar-refractivity contribution < 1.29 is 9.90 Å². The number of hydrogen-bond acceptors (Lipinski definition) is 3. The van der Waals surface area contributed by atoms with Gasteiger partial charge < -0.3 is 5.11 Å². The molecule has 21 heavy (non-hydrogen) atoms. The molecule has 0 aliphatic heterocycles. The van der Waals surface area contributed by atoms with Crippen LogP contribution in [0.25, 0.3) is 11.0 Å². The lowest BCUT2D eigenvalue weighted by Crippen LogP contribution is -2.09. The van der Waals surface area contributed by atoms with E-state index in [1.165, 1.54) is 6.07 Å². The van der Waals surface area contributed by atoms with E-state index in [1.54, 1.807) is 16.8 Å². The number of benzene rings is 2. The third-order valence-electron chi connectivity index (χ3n) is 3.44. The zero-order valence-corrected chi connectivity index (χ0v) is 11.9.